The first-order valence-corrected chi connectivity index (χ1v) is 9.11. The number of aromatic nitrogens is 2. The van der Waals surface area contributed by atoms with Gasteiger partial charge in [-0.15, -0.1) is 0 Å². The van der Waals surface area contributed by atoms with Crippen molar-refractivity contribution >= 4 is 28.1 Å². The Kier molecular flexibility index (Phi) is 4.99. The van der Waals surface area contributed by atoms with Crippen LogP contribution in [0.3, 0.4) is 0 Å². The Balaban J connectivity index is 1.73. The van der Waals surface area contributed by atoms with Crippen LogP contribution in [0.2, 0.25) is 0 Å². The Morgan fingerprint density at radius 1 is 1.33 bits per heavy atom. The number of nitrogen functional groups attached to an aromatic ring is 1. The molecule has 0 spiro atoms. The Morgan fingerprint density at radius 2 is 2.17 bits per heavy atom. The van der Waals surface area contributed by atoms with Crippen molar-refractivity contribution in [2.24, 2.45) is 0 Å². The highest BCUT2D eigenvalue weighted by molar-refractivity contribution is 7.17. The lowest BCUT2D eigenvalue weighted by Crippen LogP contribution is -2.35. The number of amides is 1. The van der Waals surface area contributed by atoms with Crippen LogP contribution in [-0.4, -0.2) is 47.0 Å². The molecule has 7 heteroatoms. The fraction of sp³-hybridized carbons (Fsp3) is 0.471. The van der Waals surface area contributed by atoms with Gasteiger partial charge in [0, 0.05) is 44.3 Å². The molecule has 1 amide bonds. The number of aryl methyl sites for hydroxylation is 2. The SMILES string of the molecule is CCc1nc(N)sc1C(=O)N1CCCN(c2ccncc2C)CC1. The molecule has 6 nitrogen and oxygen atoms in total. The first-order chi connectivity index (χ1) is 11.6. The number of rotatable bonds is 3. The number of pyridine rings is 1. The number of anilines is 2. The van der Waals surface area contributed by atoms with Gasteiger partial charge in [0.25, 0.3) is 5.91 Å². The Labute approximate surface area is 146 Å². The van der Waals surface area contributed by atoms with Crippen LogP contribution in [0.1, 0.15) is 34.3 Å². The largest absolute Gasteiger partial charge is 0.375 e. The van der Waals surface area contributed by atoms with Gasteiger partial charge in [0.05, 0.1) is 5.69 Å². The summed E-state index contributed by atoms with van der Waals surface area (Å²) in [6, 6.07) is 2.05. The summed E-state index contributed by atoms with van der Waals surface area (Å²) in [4.78, 5) is 26.3. The Bertz CT molecular complexity index is 730. The number of carbonyl (C=O) groups excluding carboxylic acids is 1. The van der Waals surface area contributed by atoms with Crippen molar-refractivity contribution < 1.29 is 4.79 Å². The van der Waals surface area contributed by atoms with E-state index >= 15 is 0 Å². The molecule has 0 aromatic carbocycles. The van der Waals surface area contributed by atoms with E-state index in [0.29, 0.717) is 16.6 Å². The van der Waals surface area contributed by atoms with Gasteiger partial charge in [-0.1, -0.05) is 18.3 Å². The fourth-order valence-electron chi connectivity index (χ4n) is 3.10. The van der Waals surface area contributed by atoms with E-state index in [1.54, 1.807) is 0 Å². The van der Waals surface area contributed by atoms with E-state index in [0.717, 1.165) is 38.2 Å². The van der Waals surface area contributed by atoms with Crippen molar-refractivity contribution in [1.29, 1.82) is 0 Å². The van der Waals surface area contributed by atoms with Gasteiger partial charge in [-0.25, -0.2) is 4.98 Å². The second kappa shape index (κ2) is 7.17. The number of carbonyl (C=O) groups is 1. The van der Waals surface area contributed by atoms with Crippen molar-refractivity contribution in [1.82, 2.24) is 14.9 Å². The molecule has 0 bridgehead atoms. The van der Waals surface area contributed by atoms with Crippen molar-refractivity contribution in [3.8, 4) is 0 Å². The number of thiazole rings is 1. The predicted molar refractivity (Wildman–Crippen MR) is 97.6 cm³/mol. The minimum absolute atomic E-state index is 0.0642. The molecule has 0 radical (unpaired) electrons. The monoisotopic (exact) mass is 345 g/mol. The third-order valence-corrected chi connectivity index (χ3v) is 5.27. The average Bonchev–Trinajstić information content (AvgIpc) is 2.80. The summed E-state index contributed by atoms with van der Waals surface area (Å²) in [5.41, 5.74) is 8.98. The zero-order chi connectivity index (χ0) is 17.1. The molecule has 2 aromatic heterocycles. The molecule has 24 heavy (non-hydrogen) atoms. The molecule has 0 unspecified atom stereocenters. The fourth-order valence-corrected chi connectivity index (χ4v) is 3.99. The first kappa shape index (κ1) is 16.7. The van der Waals surface area contributed by atoms with Gasteiger partial charge >= 0.3 is 0 Å². The van der Waals surface area contributed by atoms with E-state index in [9.17, 15) is 4.79 Å². The molecule has 0 atom stereocenters. The molecule has 1 fully saturated rings. The minimum atomic E-state index is 0.0642. The quantitative estimate of drug-likeness (QED) is 0.924. The maximum absolute atomic E-state index is 12.9. The average molecular weight is 345 g/mol. The van der Waals surface area contributed by atoms with E-state index in [4.69, 9.17) is 5.73 Å². The molecular weight excluding hydrogens is 322 g/mol. The van der Waals surface area contributed by atoms with Crippen LogP contribution in [0.25, 0.3) is 0 Å². The van der Waals surface area contributed by atoms with Gasteiger partial charge in [-0.05, 0) is 31.4 Å². The normalized spacial score (nSPS) is 15.4. The summed E-state index contributed by atoms with van der Waals surface area (Å²) in [6.45, 7) is 7.32. The Hall–Kier alpha value is -2.15. The third-order valence-electron chi connectivity index (χ3n) is 4.36. The van der Waals surface area contributed by atoms with E-state index in [1.807, 2.05) is 30.3 Å². The maximum Gasteiger partial charge on any atom is 0.265 e. The van der Waals surface area contributed by atoms with Crippen LogP contribution < -0.4 is 10.6 Å². The van der Waals surface area contributed by atoms with Gasteiger partial charge in [0.1, 0.15) is 4.88 Å². The zero-order valence-electron chi connectivity index (χ0n) is 14.2. The molecule has 128 valence electrons. The molecule has 3 heterocycles. The third kappa shape index (κ3) is 3.36. The molecule has 0 aliphatic carbocycles. The molecule has 1 saturated heterocycles. The molecule has 2 aromatic rings. The lowest BCUT2D eigenvalue weighted by molar-refractivity contribution is 0.0770. The van der Waals surface area contributed by atoms with Crippen molar-refractivity contribution in [2.45, 2.75) is 26.7 Å². The van der Waals surface area contributed by atoms with Gasteiger partial charge in [0.2, 0.25) is 0 Å². The predicted octanol–water partition coefficient (Wildman–Crippen LogP) is 2.34. The standard InChI is InChI=1S/C17H23N5OS/c1-3-13-15(24-17(18)20-13)16(23)22-8-4-7-21(9-10-22)14-5-6-19-11-12(14)2/h5-6,11H,3-4,7-10H2,1-2H3,(H2,18,20). The van der Waals surface area contributed by atoms with Crippen LogP contribution in [0, 0.1) is 6.92 Å². The minimum Gasteiger partial charge on any atom is -0.375 e. The summed E-state index contributed by atoms with van der Waals surface area (Å²) in [6.07, 6.45) is 5.38. The highest BCUT2D eigenvalue weighted by Gasteiger charge is 2.24. The van der Waals surface area contributed by atoms with Crippen LogP contribution in [-0.2, 0) is 6.42 Å². The molecular formula is C17H23N5OS. The molecule has 2 N–H and O–H groups in total. The van der Waals surface area contributed by atoms with Crippen LogP contribution in [0.15, 0.2) is 18.5 Å². The van der Waals surface area contributed by atoms with Gasteiger partial charge in [0.15, 0.2) is 5.13 Å². The number of hydrogen-bond acceptors (Lipinski definition) is 6. The molecule has 1 aliphatic rings. The lowest BCUT2D eigenvalue weighted by Gasteiger charge is -2.24. The van der Waals surface area contributed by atoms with Crippen molar-refractivity contribution in [2.75, 3.05) is 36.8 Å². The molecule has 0 saturated carbocycles. The van der Waals surface area contributed by atoms with Gasteiger partial charge < -0.3 is 15.5 Å². The van der Waals surface area contributed by atoms with E-state index in [2.05, 4.69) is 21.8 Å². The number of hydrogen-bond donors (Lipinski definition) is 1. The first-order valence-electron chi connectivity index (χ1n) is 8.30. The lowest BCUT2D eigenvalue weighted by atomic mass is 10.2. The van der Waals surface area contributed by atoms with Gasteiger partial charge in [-0.3, -0.25) is 9.78 Å². The van der Waals surface area contributed by atoms with Gasteiger partial charge in [-0.2, -0.15) is 0 Å². The smallest absolute Gasteiger partial charge is 0.265 e. The summed E-state index contributed by atoms with van der Waals surface area (Å²) in [5.74, 6) is 0.0642. The second-order valence-electron chi connectivity index (χ2n) is 5.98. The van der Waals surface area contributed by atoms with Crippen molar-refractivity contribution in [3.63, 3.8) is 0 Å². The zero-order valence-corrected chi connectivity index (χ0v) is 15.0. The summed E-state index contributed by atoms with van der Waals surface area (Å²) in [7, 11) is 0. The summed E-state index contributed by atoms with van der Waals surface area (Å²) in [5, 5.41) is 0.471. The van der Waals surface area contributed by atoms with Crippen LogP contribution >= 0.6 is 11.3 Å². The van der Waals surface area contributed by atoms with Crippen LogP contribution in [0.5, 0.6) is 0 Å². The highest BCUT2D eigenvalue weighted by Crippen LogP contribution is 2.24. The highest BCUT2D eigenvalue weighted by atomic mass is 32.1. The maximum atomic E-state index is 12.9. The summed E-state index contributed by atoms with van der Waals surface area (Å²) < 4.78 is 0. The Morgan fingerprint density at radius 3 is 2.92 bits per heavy atom. The molecule has 1 aliphatic heterocycles. The number of nitrogens with two attached hydrogens (primary N) is 1. The van der Waals surface area contributed by atoms with E-state index in [1.165, 1.54) is 22.6 Å². The van der Waals surface area contributed by atoms with Crippen molar-refractivity contribution in [3.05, 3.63) is 34.6 Å². The topological polar surface area (TPSA) is 75.3 Å². The molecule has 3 rings (SSSR count). The second-order valence-corrected chi connectivity index (χ2v) is 7.01. The summed E-state index contributed by atoms with van der Waals surface area (Å²) >= 11 is 1.30. The van der Waals surface area contributed by atoms with E-state index < -0.39 is 0 Å². The number of nitrogens with zero attached hydrogens (tertiary/aromatic N) is 4. The van der Waals surface area contributed by atoms with E-state index in [-0.39, 0.29) is 5.91 Å². The van der Waals surface area contributed by atoms with Crippen LogP contribution in [0.4, 0.5) is 10.8 Å².